The number of carbonyl (C=O) groups is 1. The first-order chi connectivity index (χ1) is 13.4. The van der Waals surface area contributed by atoms with Gasteiger partial charge in [0.2, 0.25) is 11.6 Å². The molecule has 8 heteroatoms. The Morgan fingerprint density at radius 2 is 1.61 bits per heavy atom. The highest BCUT2D eigenvalue weighted by atomic mass is 32.2. The van der Waals surface area contributed by atoms with Crippen molar-refractivity contribution < 1.29 is 31.8 Å². The van der Waals surface area contributed by atoms with Gasteiger partial charge in [-0.1, -0.05) is 48.2 Å². The lowest BCUT2D eigenvalue weighted by molar-refractivity contribution is -0.135. The van der Waals surface area contributed by atoms with E-state index in [0.717, 1.165) is 17.9 Å². The SMILES string of the molecule is COC(=O)C1=C(c2ccc3ccccc3c2)Oc2c(F)c(F)c(F)c(F)c2S1. The minimum Gasteiger partial charge on any atom is -0.465 e. The van der Waals surface area contributed by atoms with Crippen LogP contribution in [0.2, 0.25) is 0 Å². The lowest BCUT2D eigenvalue weighted by Crippen LogP contribution is -2.15. The summed E-state index contributed by atoms with van der Waals surface area (Å²) in [4.78, 5) is 11.3. The highest BCUT2D eigenvalue weighted by Gasteiger charge is 2.35. The van der Waals surface area contributed by atoms with Crippen molar-refractivity contribution in [3.63, 3.8) is 0 Å². The molecule has 0 saturated carbocycles. The molecule has 3 aromatic carbocycles. The van der Waals surface area contributed by atoms with E-state index in [1.165, 1.54) is 0 Å². The molecule has 0 fully saturated rings. The number of hydrogen-bond acceptors (Lipinski definition) is 4. The van der Waals surface area contributed by atoms with Crippen LogP contribution in [0.4, 0.5) is 17.6 Å². The first kappa shape index (κ1) is 18.4. The lowest BCUT2D eigenvalue weighted by atomic mass is 10.1. The normalized spacial score (nSPS) is 13.3. The number of ether oxygens (including phenoxy) is 2. The van der Waals surface area contributed by atoms with E-state index in [9.17, 15) is 22.4 Å². The molecule has 1 heterocycles. The molecule has 0 N–H and O–H groups in total. The second kappa shape index (κ2) is 6.87. The summed E-state index contributed by atoms with van der Waals surface area (Å²) >= 11 is 0.420. The minimum absolute atomic E-state index is 0.139. The summed E-state index contributed by atoms with van der Waals surface area (Å²) in [6.07, 6.45) is 0. The summed E-state index contributed by atoms with van der Waals surface area (Å²) in [7, 11) is 1.10. The van der Waals surface area contributed by atoms with Crippen LogP contribution in [0.15, 0.2) is 52.3 Å². The Kier molecular flexibility index (Phi) is 4.50. The van der Waals surface area contributed by atoms with Crippen LogP contribution in [0.3, 0.4) is 0 Å². The van der Waals surface area contributed by atoms with Crippen molar-refractivity contribution in [2.75, 3.05) is 7.11 Å². The van der Waals surface area contributed by atoms with Crippen molar-refractivity contribution in [3.8, 4) is 5.75 Å². The first-order valence-corrected chi connectivity index (χ1v) is 8.77. The van der Waals surface area contributed by atoms with Crippen LogP contribution < -0.4 is 4.74 Å². The van der Waals surface area contributed by atoms with Gasteiger partial charge in [0, 0.05) is 5.56 Å². The Hall–Kier alpha value is -3.00. The molecule has 3 aromatic rings. The molecule has 0 aliphatic carbocycles. The van der Waals surface area contributed by atoms with Gasteiger partial charge in [-0.05, 0) is 16.8 Å². The highest BCUT2D eigenvalue weighted by Crippen LogP contribution is 2.48. The monoisotopic (exact) mass is 406 g/mol. The van der Waals surface area contributed by atoms with Crippen molar-refractivity contribution >= 4 is 34.3 Å². The van der Waals surface area contributed by atoms with E-state index in [1.807, 2.05) is 18.2 Å². The fourth-order valence-corrected chi connectivity index (χ4v) is 3.84. The fourth-order valence-electron chi connectivity index (χ4n) is 2.82. The molecule has 0 spiro atoms. The number of thioether (sulfide) groups is 1. The van der Waals surface area contributed by atoms with Gasteiger partial charge in [0.05, 0.1) is 12.0 Å². The number of esters is 1. The molecule has 0 atom stereocenters. The maximum atomic E-state index is 14.2. The smallest absolute Gasteiger partial charge is 0.348 e. The van der Waals surface area contributed by atoms with Crippen LogP contribution in [0.25, 0.3) is 16.5 Å². The third-order valence-corrected chi connectivity index (χ3v) is 5.30. The standard InChI is InChI=1S/C20H10F4O3S/c1-26-20(25)19-16(11-7-6-9-4-2-3-5-10(9)8-11)27-17-14(23)12(21)13(22)15(24)18(17)28-19/h2-8H,1H3. The Morgan fingerprint density at radius 1 is 0.929 bits per heavy atom. The minimum atomic E-state index is -1.99. The second-order valence-corrected chi connectivity index (χ2v) is 6.85. The quantitative estimate of drug-likeness (QED) is 0.246. The van der Waals surface area contributed by atoms with E-state index in [1.54, 1.807) is 24.3 Å². The molecule has 1 aliphatic heterocycles. The van der Waals surface area contributed by atoms with Crippen LogP contribution in [-0.4, -0.2) is 13.1 Å². The number of halogens is 4. The molecule has 4 rings (SSSR count). The van der Waals surface area contributed by atoms with Crippen LogP contribution in [0, 0.1) is 23.3 Å². The predicted molar refractivity (Wildman–Crippen MR) is 95.6 cm³/mol. The van der Waals surface area contributed by atoms with Gasteiger partial charge < -0.3 is 9.47 Å². The van der Waals surface area contributed by atoms with Gasteiger partial charge in [0.1, 0.15) is 4.91 Å². The van der Waals surface area contributed by atoms with Gasteiger partial charge in [0.25, 0.3) is 0 Å². The van der Waals surface area contributed by atoms with Crippen molar-refractivity contribution in [3.05, 3.63) is 76.2 Å². The Morgan fingerprint density at radius 3 is 2.32 bits per heavy atom. The fraction of sp³-hybridized carbons (Fsp3) is 0.0500. The van der Waals surface area contributed by atoms with E-state index >= 15 is 0 Å². The molecule has 0 unspecified atom stereocenters. The molecule has 0 bridgehead atoms. The van der Waals surface area contributed by atoms with E-state index in [4.69, 9.17) is 4.74 Å². The molecule has 0 saturated heterocycles. The summed E-state index contributed by atoms with van der Waals surface area (Å²) in [5, 5.41) is 1.70. The molecular formula is C20H10F4O3S. The predicted octanol–water partition coefficient (Wildman–Crippen LogP) is 5.42. The first-order valence-electron chi connectivity index (χ1n) is 7.95. The molecule has 0 amide bonds. The maximum Gasteiger partial charge on any atom is 0.348 e. The topological polar surface area (TPSA) is 35.5 Å². The number of fused-ring (bicyclic) bond motifs is 2. The van der Waals surface area contributed by atoms with Gasteiger partial charge in [0.15, 0.2) is 23.1 Å². The van der Waals surface area contributed by atoms with Crippen molar-refractivity contribution in [1.29, 1.82) is 0 Å². The van der Waals surface area contributed by atoms with Crippen LogP contribution in [-0.2, 0) is 9.53 Å². The van der Waals surface area contributed by atoms with Crippen LogP contribution in [0.5, 0.6) is 5.75 Å². The van der Waals surface area contributed by atoms with Crippen LogP contribution >= 0.6 is 11.8 Å². The third kappa shape index (κ3) is 2.80. The molecule has 0 radical (unpaired) electrons. The van der Waals surface area contributed by atoms with Crippen molar-refractivity contribution in [1.82, 2.24) is 0 Å². The van der Waals surface area contributed by atoms with Crippen LogP contribution in [0.1, 0.15) is 5.56 Å². The Labute approximate surface area is 160 Å². The third-order valence-electron chi connectivity index (χ3n) is 4.18. The molecule has 1 aliphatic rings. The van der Waals surface area contributed by atoms with Gasteiger partial charge in [-0.15, -0.1) is 0 Å². The Bertz CT molecular complexity index is 1170. The zero-order valence-electron chi connectivity index (χ0n) is 14.2. The van der Waals surface area contributed by atoms with E-state index in [2.05, 4.69) is 4.74 Å². The van der Waals surface area contributed by atoms with E-state index < -0.39 is 39.9 Å². The molecule has 28 heavy (non-hydrogen) atoms. The lowest BCUT2D eigenvalue weighted by Gasteiger charge is -2.23. The Balaban J connectivity index is 1.93. The maximum absolute atomic E-state index is 14.2. The second-order valence-electron chi connectivity index (χ2n) is 5.83. The molecule has 142 valence electrons. The number of rotatable bonds is 2. The average molecular weight is 406 g/mol. The average Bonchev–Trinajstić information content (AvgIpc) is 2.74. The summed E-state index contributed by atoms with van der Waals surface area (Å²) in [5.41, 5.74) is 0.363. The van der Waals surface area contributed by atoms with Gasteiger partial charge in [-0.2, -0.15) is 4.39 Å². The summed E-state index contributed by atoms with van der Waals surface area (Å²) in [6, 6.07) is 12.4. The van der Waals surface area contributed by atoms with Gasteiger partial charge in [-0.3, -0.25) is 0 Å². The van der Waals surface area contributed by atoms with E-state index in [-0.39, 0.29) is 10.7 Å². The highest BCUT2D eigenvalue weighted by molar-refractivity contribution is 8.04. The molecular weight excluding hydrogens is 396 g/mol. The zero-order valence-corrected chi connectivity index (χ0v) is 15.0. The number of benzene rings is 3. The number of hydrogen-bond donors (Lipinski definition) is 0. The number of carbonyl (C=O) groups excluding carboxylic acids is 1. The van der Waals surface area contributed by atoms with E-state index in [0.29, 0.717) is 17.3 Å². The van der Waals surface area contributed by atoms with Gasteiger partial charge in [-0.25, -0.2) is 18.0 Å². The largest absolute Gasteiger partial charge is 0.465 e. The molecule has 3 nitrogen and oxygen atoms in total. The summed E-state index contributed by atoms with van der Waals surface area (Å²) < 4.78 is 65.7. The van der Waals surface area contributed by atoms with Gasteiger partial charge >= 0.3 is 5.97 Å². The van der Waals surface area contributed by atoms with Crippen molar-refractivity contribution in [2.45, 2.75) is 4.90 Å². The number of methoxy groups -OCH3 is 1. The molecule has 0 aromatic heterocycles. The zero-order chi connectivity index (χ0) is 20.0. The summed E-state index contributed by atoms with van der Waals surface area (Å²) in [5.74, 6) is -9.14. The van der Waals surface area contributed by atoms with Crippen molar-refractivity contribution in [2.24, 2.45) is 0 Å². The summed E-state index contributed by atoms with van der Waals surface area (Å²) in [6.45, 7) is 0.